The molecule has 0 unspecified atom stereocenters. The van der Waals surface area contributed by atoms with Gasteiger partial charge >= 0.3 is 0 Å². The number of carbonyl (C=O) groups is 1. The maximum absolute atomic E-state index is 12.0. The number of hydrogen-bond donors (Lipinski definition) is 0. The predicted molar refractivity (Wildman–Crippen MR) is 89.1 cm³/mol. The van der Waals surface area contributed by atoms with E-state index >= 15 is 0 Å². The van der Waals surface area contributed by atoms with Gasteiger partial charge in [0.25, 0.3) is 5.78 Å². The van der Waals surface area contributed by atoms with E-state index in [0.29, 0.717) is 22.9 Å². The molecule has 2 aromatic heterocycles. The van der Waals surface area contributed by atoms with E-state index in [4.69, 9.17) is 11.6 Å². The number of nitrogens with zero attached hydrogens (tertiary/aromatic N) is 4. The third kappa shape index (κ3) is 2.84. The minimum Gasteiger partial charge on any atom is -0.294 e. The molecule has 1 aliphatic rings. The monoisotopic (exact) mass is 344 g/mol. The molecule has 23 heavy (non-hydrogen) atoms. The number of fused-ring (bicyclic) bond motifs is 3. The Morgan fingerprint density at radius 3 is 2.87 bits per heavy atom. The van der Waals surface area contributed by atoms with Gasteiger partial charge in [-0.25, -0.2) is 4.98 Å². The summed E-state index contributed by atoms with van der Waals surface area (Å²) in [5, 5.41) is 5.91. The molecule has 0 fully saturated rings. The first-order valence-corrected chi connectivity index (χ1v) is 8.72. The third-order valence-corrected chi connectivity index (χ3v) is 5.01. The third-order valence-electron chi connectivity index (χ3n) is 3.85. The van der Waals surface area contributed by atoms with E-state index in [-0.39, 0.29) is 5.78 Å². The molecule has 0 spiro atoms. The van der Waals surface area contributed by atoms with Crippen LogP contribution < -0.4 is 0 Å². The highest BCUT2D eigenvalue weighted by molar-refractivity contribution is 7.98. The lowest BCUT2D eigenvalue weighted by Gasteiger charge is -2.13. The van der Waals surface area contributed by atoms with Gasteiger partial charge in [0.05, 0.1) is 11.3 Å². The van der Waals surface area contributed by atoms with Gasteiger partial charge in [-0.3, -0.25) is 4.79 Å². The molecule has 0 bridgehead atoms. The van der Waals surface area contributed by atoms with Crippen molar-refractivity contribution in [1.29, 1.82) is 0 Å². The van der Waals surface area contributed by atoms with Crippen LogP contribution >= 0.6 is 23.4 Å². The van der Waals surface area contributed by atoms with Gasteiger partial charge in [-0.1, -0.05) is 35.5 Å². The average molecular weight is 345 g/mol. The Hall–Kier alpha value is -1.92. The van der Waals surface area contributed by atoms with E-state index in [0.717, 1.165) is 34.9 Å². The fourth-order valence-electron chi connectivity index (χ4n) is 2.68. The zero-order valence-corrected chi connectivity index (χ0v) is 13.8. The molecule has 2 heterocycles. The minimum absolute atomic E-state index is 0.145. The van der Waals surface area contributed by atoms with Gasteiger partial charge in [0.1, 0.15) is 0 Å². The van der Waals surface area contributed by atoms with Gasteiger partial charge < -0.3 is 0 Å². The summed E-state index contributed by atoms with van der Waals surface area (Å²) in [5.74, 6) is 1.46. The van der Waals surface area contributed by atoms with E-state index < -0.39 is 0 Å². The normalized spacial score (nSPS) is 14.2. The summed E-state index contributed by atoms with van der Waals surface area (Å²) in [7, 11) is 0. The Morgan fingerprint density at radius 1 is 1.22 bits per heavy atom. The molecule has 0 atom stereocenters. The van der Waals surface area contributed by atoms with Crippen LogP contribution in [0.15, 0.2) is 35.6 Å². The molecule has 4 rings (SSSR count). The van der Waals surface area contributed by atoms with Crippen LogP contribution in [0.1, 0.15) is 34.5 Å². The van der Waals surface area contributed by atoms with Crippen molar-refractivity contribution >= 4 is 34.9 Å². The highest BCUT2D eigenvalue weighted by atomic mass is 35.5. The van der Waals surface area contributed by atoms with Gasteiger partial charge in [0, 0.05) is 23.4 Å². The van der Waals surface area contributed by atoms with Gasteiger partial charge in [0.2, 0.25) is 5.16 Å². The Kier molecular flexibility index (Phi) is 3.79. The Labute approximate surface area is 142 Å². The molecule has 0 amide bonds. The topological polar surface area (TPSA) is 60.2 Å². The van der Waals surface area contributed by atoms with E-state index in [1.807, 2.05) is 24.3 Å². The lowest BCUT2D eigenvalue weighted by atomic mass is 9.96. The molecule has 7 heteroatoms. The molecule has 1 aromatic carbocycles. The summed E-state index contributed by atoms with van der Waals surface area (Å²) in [6.45, 7) is 0. The smallest absolute Gasteiger partial charge is 0.253 e. The highest BCUT2D eigenvalue weighted by Gasteiger charge is 2.21. The summed E-state index contributed by atoms with van der Waals surface area (Å²) >= 11 is 7.44. The molecule has 3 aromatic rings. The van der Waals surface area contributed by atoms with E-state index in [1.165, 1.54) is 0 Å². The van der Waals surface area contributed by atoms with Gasteiger partial charge in [-0.05, 0) is 30.5 Å². The highest BCUT2D eigenvalue weighted by Crippen LogP contribution is 2.24. The van der Waals surface area contributed by atoms with Gasteiger partial charge in [0.15, 0.2) is 5.78 Å². The molecule has 0 radical (unpaired) electrons. The van der Waals surface area contributed by atoms with Crippen molar-refractivity contribution in [3.05, 3.63) is 52.3 Å². The van der Waals surface area contributed by atoms with Crippen LogP contribution in [0.5, 0.6) is 0 Å². The van der Waals surface area contributed by atoms with Crippen molar-refractivity contribution in [3.63, 3.8) is 0 Å². The zero-order chi connectivity index (χ0) is 15.8. The summed E-state index contributed by atoms with van der Waals surface area (Å²) in [4.78, 5) is 20.7. The molecule has 116 valence electrons. The van der Waals surface area contributed by atoms with E-state index in [9.17, 15) is 4.79 Å². The van der Waals surface area contributed by atoms with Crippen LogP contribution in [0.4, 0.5) is 0 Å². The maximum Gasteiger partial charge on any atom is 0.253 e. The molecule has 0 saturated carbocycles. The minimum atomic E-state index is 0.145. The quantitative estimate of drug-likeness (QED) is 0.679. The summed E-state index contributed by atoms with van der Waals surface area (Å²) in [5.41, 5.74) is 2.77. The first kappa shape index (κ1) is 14.7. The first-order chi connectivity index (χ1) is 11.2. The Balaban J connectivity index is 1.61. The van der Waals surface area contributed by atoms with Crippen molar-refractivity contribution in [2.75, 3.05) is 0 Å². The van der Waals surface area contributed by atoms with E-state index in [2.05, 4.69) is 15.1 Å². The molecule has 0 N–H and O–H groups in total. The number of ketones is 1. The van der Waals surface area contributed by atoms with Crippen molar-refractivity contribution < 1.29 is 4.79 Å². The fraction of sp³-hybridized carbons (Fsp3) is 0.250. The predicted octanol–water partition coefficient (Wildman–Crippen LogP) is 3.59. The first-order valence-electron chi connectivity index (χ1n) is 7.36. The summed E-state index contributed by atoms with van der Waals surface area (Å²) < 4.78 is 1.72. The van der Waals surface area contributed by atoms with Gasteiger partial charge in [-0.15, -0.1) is 5.10 Å². The van der Waals surface area contributed by atoms with Crippen molar-refractivity contribution in [2.45, 2.75) is 30.2 Å². The van der Waals surface area contributed by atoms with Crippen LogP contribution in [0.2, 0.25) is 5.02 Å². The lowest BCUT2D eigenvalue weighted by molar-refractivity contribution is 0.0970. The van der Waals surface area contributed by atoms with E-state index in [1.54, 1.807) is 22.5 Å². The molecule has 5 nitrogen and oxygen atoms in total. The number of hydrogen-bond acceptors (Lipinski definition) is 5. The maximum atomic E-state index is 12.0. The molecular formula is C16H13ClN4OS. The average Bonchev–Trinajstić information content (AvgIpc) is 2.98. The lowest BCUT2D eigenvalue weighted by Crippen LogP contribution is -2.16. The second-order valence-corrected chi connectivity index (χ2v) is 6.80. The zero-order valence-electron chi connectivity index (χ0n) is 12.2. The van der Waals surface area contributed by atoms with Crippen LogP contribution in [0.25, 0.3) is 5.78 Å². The molecule has 0 aliphatic heterocycles. The number of benzene rings is 1. The number of thioether (sulfide) groups is 1. The van der Waals surface area contributed by atoms with Crippen molar-refractivity contribution in [1.82, 2.24) is 19.6 Å². The standard InChI is InChI=1S/C16H13ClN4OS/c17-11-6-4-10(5-7-11)9-23-16-19-15-18-8-12-13(21(15)20-16)2-1-3-14(12)22/h4-8H,1-3,9H2. The van der Waals surface area contributed by atoms with Crippen molar-refractivity contribution in [2.24, 2.45) is 0 Å². The van der Waals surface area contributed by atoms with Crippen molar-refractivity contribution in [3.8, 4) is 0 Å². The number of Topliss-reactive ketones (excluding diaryl/α,β-unsaturated/α-hetero) is 1. The largest absolute Gasteiger partial charge is 0.294 e. The number of carbonyl (C=O) groups excluding carboxylic acids is 1. The number of aryl methyl sites for hydroxylation is 1. The second-order valence-electron chi connectivity index (χ2n) is 5.42. The number of aromatic nitrogens is 4. The second kappa shape index (κ2) is 5.94. The number of rotatable bonds is 3. The van der Waals surface area contributed by atoms with Gasteiger partial charge in [-0.2, -0.15) is 9.50 Å². The summed E-state index contributed by atoms with van der Waals surface area (Å²) in [6, 6.07) is 7.73. The van der Waals surface area contributed by atoms with Crippen LogP contribution in [-0.4, -0.2) is 25.4 Å². The molecule has 0 saturated heterocycles. The SMILES string of the molecule is O=C1CCCc2c1cnc1nc(SCc3ccc(Cl)cc3)nn21. The Bertz CT molecular complexity index is 891. The summed E-state index contributed by atoms with van der Waals surface area (Å²) in [6.07, 6.45) is 3.92. The fourth-order valence-corrected chi connectivity index (χ4v) is 3.58. The molecule has 1 aliphatic carbocycles. The Morgan fingerprint density at radius 2 is 2.04 bits per heavy atom. The molecular weight excluding hydrogens is 332 g/mol. The number of halogens is 1. The van der Waals surface area contributed by atoms with Crippen LogP contribution in [0.3, 0.4) is 0 Å². The van der Waals surface area contributed by atoms with Crippen LogP contribution in [0, 0.1) is 0 Å². The van der Waals surface area contributed by atoms with Crippen LogP contribution in [-0.2, 0) is 12.2 Å².